The molecule has 6 atom stereocenters. The molecule has 27 heavy (non-hydrogen) atoms. The number of ether oxygens (including phenoxy) is 1. The maximum Gasteiger partial charge on any atom is 0.226 e. The fraction of sp³-hybridized carbons (Fsp3) is 0.824. The van der Waals surface area contributed by atoms with Crippen molar-refractivity contribution in [3.05, 3.63) is 16.7 Å². The van der Waals surface area contributed by atoms with E-state index in [2.05, 4.69) is 26.7 Å². The van der Waals surface area contributed by atoms with Crippen molar-refractivity contribution >= 4 is 17.5 Å². The summed E-state index contributed by atoms with van der Waals surface area (Å²) in [5, 5.41) is 15.5. The molecule has 3 fully saturated rings. The van der Waals surface area contributed by atoms with Crippen molar-refractivity contribution < 1.29 is 9.53 Å². The van der Waals surface area contributed by atoms with Gasteiger partial charge < -0.3 is 36.9 Å². The third kappa shape index (κ3) is 4.40. The summed E-state index contributed by atoms with van der Waals surface area (Å²) in [4.78, 5) is 13.0. The van der Waals surface area contributed by atoms with Crippen LogP contribution in [0.3, 0.4) is 0 Å². The second-order valence-electron chi connectivity index (χ2n) is 7.66. The van der Waals surface area contributed by atoms with Gasteiger partial charge in [-0.2, -0.15) is 0 Å². The summed E-state index contributed by atoms with van der Waals surface area (Å²) in [7, 11) is 0. The Bertz CT molecular complexity index is 571. The van der Waals surface area contributed by atoms with E-state index in [-0.39, 0.29) is 30.3 Å². The van der Waals surface area contributed by atoms with Crippen LogP contribution in [0, 0.1) is 5.92 Å². The average Bonchev–Trinajstić information content (AvgIpc) is 2.99. The van der Waals surface area contributed by atoms with Crippen molar-refractivity contribution in [3.8, 4) is 0 Å². The van der Waals surface area contributed by atoms with Crippen molar-refractivity contribution in [3.63, 3.8) is 0 Å². The monoisotopic (exact) mass is 398 g/mol. The highest BCUT2D eigenvalue weighted by molar-refractivity contribution is 6.29. The van der Waals surface area contributed by atoms with E-state index in [4.69, 9.17) is 22.1 Å². The third-order valence-corrected chi connectivity index (χ3v) is 5.91. The number of hydrogen-bond donors (Lipinski definition) is 5. The highest BCUT2D eigenvalue weighted by Crippen LogP contribution is 2.32. The molecule has 0 spiro atoms. The molecular formula is C17H29ClN7O2-. The van der Waals surface area contributed by atoms with Crippen LogP contribution in [0.1, 0.15) is 19.3 Å². The summed E-state index contributed by atoms with van der Waals surface area (Å²) in [5.41, 5.74) is 10.5. The van der Waals surface area contributed by atoms with E-state index < -0.39 is 12.1 Å². The molecule has 3 saturated heterocycles. The molecule has 0 bridgehead atoms. The van der Waals surface area contributed by atoms with Gasteiger partial charge in [-0.3, -0.25) is 10.1 Å². The number of nitrogens with zero attached hydrogens (tertiary/aromatic N) is 2. The quantitative estimate of drug-likeness (QED) is 0.417. The van der Waals surface area contributed by atoms with Crippen LogP contribution in [-0.2, 0) is 9.53 Å². The lowest BCUT2D eigenvalue weighted by molar-refractivity contribution is -0.129. The number of nitrogens with two attached hydrogens (primary N) is 1. The molecule has 4 heterocycles. The third-order valence-electron chi connectivity index (χ3n) is 5.68. The zero-order chi connectivity index (χ0) is 18.8. The Hall–Kier alpha value is -0.940. The van der Waals surface area contributed by atoms with Crippen LogP contribution in [0.15, 0.2) is 11.2 Å². The Labute approximate surface area is 164 Å². The van der Waals surface area contributed by atoms with E-state index in [0.717, 1.165) is 38.9 Å². The highest BCUT2D eigenvalue weighted by atomic mass is 35.5. The van der Waals surface area contributed by atoms with Gasteiger partial charge in [0.1, 0.15) is 0 Å². The SMILES string of the molecule is NC1[N-]N2C=C(Cl)CNC2C1C(=O)NC1CNCCC1OC1CCCNC1. The van der Waals surface area contributed by atoms with E-state index >= 15 is 0 Å². The molecule has 1 amide bonds. The smallest absolute Gasteiger partial charge is 0.226 e. The first-order chi connectivity index (χ1) is 13.1. The van der Waals surface area contributed by atoms with Crippen LogP contribution < -0.4 is 27.0 Å². The van der Waals surface area contributed by atoms with Gasteiger partial charge in [-0.15, -0.1) is 0 Å². The number of hydrogen-bond acceptors (Lipinski definition) is 7. The number of rotatable bonds is 4. The molecule has 0 aromatic carbocycles. The van der Waals surface area contributed by atoms with E-state index in [0.29, 0.717) is 18.1 Å². The van der Waals surface area contributed by atoms with Crippen molar-refractivity contribution in [1.82, 2.24) is 26.3 Å². The fourth-order valence-electron chi connectivity index (χ4n) is 4.28. The van der Waals surface area contributed by atoms with Crippen LogP contribution >= 0.6 is 11.6 Å². The molecule has 10 heteroatoms. The zero-order valence-electron chi connectivity index (χ0n) is 15.4. The average molecular weight is 399 g/mol. The minimum absolute atomic E-state index is 0.0134. The van der Waals surface area contributed by atoms with Gasteiger partial charge in [-0.1, -0.05) is 17.8 Å². The van der Waals surface area contributed by atoms with Crippen LogP contribution in [0.25, 0.3) is 5.43 Å². The van der Waals surface area contributed by atoms with Crippen LogP contribution in [0.4, 0.5) is 0 Å². The standard InChI is InChI=1S/C17H29ClN7O2/c18-10-6-22-16-14(15(19)24-25(16)9-10)17(26)23-12-8-21-5-3-13(12)27-11-2-1-4-20-7-11/h9,11-16,20-22H,1-8,19H2,(H,23,26)/q-1. The van der Waals surface area contributed by atoms with Gasteiger partial charge in [0.15, 0.2) is 0 Å². The molecule has 0 radical (unpaired) electrons. The lowest BCUT2D eigenvalue weighted by Crippen LogP contribution is -2.60. The highest BCUT2D eigenvalue weighted by Gasteiger charge is 2.39. The van der Waals surface area contributed by atoms with Crippen molar-refractivity contribution in [2.24, 2.45) is 11.7 Å². The van der Waals surface area contributed by atoms with Gasteiger partial charge >= 0.3 is 0 Å². The summed E-state index contributed by atoms with van der Waals surface area (Å²) in [6.07, 6.45) is 4.19. The Balaban J connectivity index is 1.38. The molecule has 6 unspecified atom stereocenters. The van der Waals surface area contributed by atoms with E-state index in [1.54, 1.807) is 11.2 Å². The number of nitrogens with one attached hydrogen (secondary N) is 4. The molecule has 4 rings (SSSR count). The Morgan fingerprint density at radius 2 is 2.19 bits per heavy atom. The van der Waals surface area contributed by atoms with Crippen LogP contribution in [0.2, 0.25) is 0 Å². The molecule has 0 aromatic rings. The largest absolute Gasteiger partial charge is 0.552 e. The minimum Gasteiger partial charge on any atom is -0.552 e. The van der Waals surface area contributed by atoms with Gasteiger partial charge in [0.25, 0.3) is 0 Å². The molecule has 0 saturated carbocycles. The van der Waals surface area contributed by atoms with E-state index in [1.165, 1.54) is 0 Å². The zero-order valence-corrected chi connectivity index (χ0v) is 16.1. The number of carbonyl (C=O) groups excluding carboxylic acids is 1. The molecule has 6 N–H and O–H groups in total. The van der Waals surface area contributed by atoms with Crippen molar-refractivity contribution in [2.75, 3.05) is 32.7 Å². The van der Waals surface area contributed by atoms with Crippen LogP contribution in [0.5, 0.6) is 0 Å². The molecule has 4 aliphatic heterocycles. The lowest BCUT2D eigenvalue weighted by Gasteiger charge is -2.39. The summed E-state index contributed by atoms with van der Waals surface area (Å²) in [5.74, 6) is -0.563. The first kappa shape index (κ1) is 19.4. The summed E-state index contributed by atoms with van der Waals surface area (Å²) in [6, 6.07) is -0.0721. The van der Waals surface area contributed by atoms with Crippen molar-refractivity contribution in [2.45, 2.75) is 49.8 Å². The molecule has 9 nitrogen and oxygen atoms in total. The minimum atomic E-state index is -0.597. The summed E-state index contributed by atoms with van der Waals surface area (Å²) in [6.45, 7) is 4.05. The number of amides is 1. The van der Waals surface area contributed by atoms with Gasteiger partial charge in [0.2, 0.25) is 5.91 Å². The van der Waals surface area contributed by atoms with Crippen LogP contribution in [-0.4, -0.2) is 74.2 Å². The number of fused-ring (bicyclic) bond motifs is 1. The van der Waals surface area contributed by atoms with Crippen molar-refractivity contribution in [1.29, 1.82) is 0 Å². The van der Waals surface area contributed by atoms with Gasteiger partial charge in [-0.25, -0.2) is 0 Å². The van der Waals surface area contributed by atoms with Gasteiger partial charge in [0.05, 0.1) is 30.3 Å². The second-order valence-corrected chi connectivity index (χ2v) is 8.15. The maximum absolute atomic E-state index is 13.0. The van der Waals surface area contributed by atoms with E-state index in [1.807, 2.05) is 0 Å². The number of carbonyl (C=O) groups is 1. The fourth-order valence-corrected chi connectivity index (χ4v) is 4.45. The number of halogens is 1. The summed E-state index contributed by atoms with van der Waals surface area (Å²) < 4.78 is 6.33. The van der Waals surface area contributed by atoms with Gasteiger partial charge in [0, 0.05) is 24.7 Å². The van der Waals surface area contributed by atoms with E-state index in [9.17, 15) is 4.79 Å². The molecule has 0 aliphatic carbocycles. The molecule has 4 aliphatic rings. The topological polar surface area (TPSA) is 118 Å². The maximum atomic E-state index is 13.0. The Morgan fingerprint density at radius 1 is 1.33 bits per heavy atom. The predicted octanol–water partition coefficient (Wildman–Crippen LogP) is -0.883. The Kier molecular flexibility index (Phi) is 6.18. The first-order valence-electron chi connectivity index (χ1n) is 9.83. The van der Waals surface area contributed by atoms with Gasteiger partial charge in [-0.05, 0) is 38.6 Å². The second kappa shape index (κ2) is 8.60. The number of piperidine rings is 2. The predicted molar refractivity (Wildman–Crippen MR) is 103 cm³/mol. The molecule has 0 aromatic heterocycles. The lowest BCUT2D eigenvalue weighted by atomic mass is 9.98. The molecular weight excluding hydrogens is 370 g/mol. The molecule has 152 valence electrons. The normalized spacial score (nSPS) is 39.6. The summed E-state index contributed by atoms with van der Waals surface area (Å²) >= 11 is 6.05. The Morgan fingerprint density at radius 3 is 3.00 bits per heavy atom. The first-order valence-corrected chi connectivity index (χ1v) is 10.2.